The van der Waals surface area contributed by atoms with Gasteiger partial charge in [-0.3, -0.25) is 9.59 Å². The minimum absolute atomic E-state index is 0.0604. The monoisotopic (exact) mass is 605 g/mol. The van der Waals surface area contributed by atoms with E-state index in [1.165, 1.54) is 6.33 Å². The van der Waals surface area contributed by atoms with Crippen LogP contribution in [0.25, 0.3) is 5.69 Å². The minimum atomic E-state index is -10.7. The van der Waals surface area contributed by atoms with E-state index in [0.29, 0.717) is 23.8 Å². The molecule has 2 amide bonds. The first-order valence-corrected chi connectivity index (χ1v) is 15.0. The van der Waals surface area contributed by atoms with Crippen LogP contribution in [0, 0.1) is 18.8 Å². The first-order valence-electron chi connectivity index (χ1n) is 13.0. The molecule has 224 valence electrons. The van der Waals surface area contributed by atoms with E-state index in [2.05, 4.69) is 26.6 Å². The number of carbonyl (C=O) groups is 2. The number of H-pyrrole nitrogens is 1. The van der Waals surface area contributed by atoms with E-state index in [1.54, 1.807) is 4.68 Å². The molecule has 16 heteroatoms. The summed E-state index contributed by atoms with van der Waals surface area (Å²) >= 11 is 0. The van der Waals surface area contributed by atoms with Gasteiger partial charge in [-0.15, -0.1) is 5.10 Å². The summed E-state index contributed by atoms with van der Waals surface area (Å²) < 4.78 is 60.8. The van der Waals surface area contributed by atoms with Gasteiger partial charge in [0.1, 0.15) is 6.33 Å². The first-order chi connectivity index (χ1) is 19.0. The Morgan fingerprint density at radius 2 is 1.61 bits per heavy atom. The van der Waals surface area contributed by atoms with Crippen LogP contribution in [0.2, 0.25) is 0 Å². The van der Waals surface area contributed by atoms with Crippen LogP contribution in [-0.4, -0.2) is 68.0 Å². The van der Waals surface area contributed by atoms with Crippen LogP contribution in [0.15, 0.2) is 49.1 Å². The van der Waals surface area contributed by atoms with E-state index in [-0.39, 0.29) is 11.8 Å². The normalized spacial score (nSPS) is 21.0. The third-order valence-electron chi connectivity index (χ3n) is 7.07. The van der Waals surface area contributed by atoms with Gasteiger partial charge in [0, 0.05) is 42.9 Å². The SMILES string of the molecule is Cc1c[nH+]cc(CC(=O)N2CCCC(C3CCN(C(=O)c4ccc(-n5cnnn5)cc4)C3)C2)c1.F[P-](F)(F)(F)(F)F. The van der Waals surface area contributed by atoms with Crippen LogP contribution >= 0.6 is 7.81 Å². The van der Waals surface area contributed by atoms with Crippen LogP contribution in [0.5, 0.6) is 0 Å². The maximum absolute atomic E-state index is 13.1. The van der Waals surface area contributed by atoms with E-state index >= 15 is 0 Å². The number of hydrogen-bond donors (Lipinski definition) is 0. The van der Waals surface area contributed by atoms with Crippen molar-refractivity contribution < 1.29 is 39.8 Å². The van der Waals surface area contributed by atoms with Gasteiger partial charge in [-0.25, -0.2) is 9.67 Å². The van der Waals surface area contributed by atoms with Gasteiger partial charge in [0.05, 0.1) is 12.1 Å². The fourth-order valence-electron chi connectivity index (χ4n) is 5.24. The molecule has 1 aromatic carbocycles. The molecule has 41 heavy (non-hydrogen) atoms. The second-order valence-electron chi connectivity index (χ2n) is 10.4. The van der Waals surface area contributed by atoms with Gasteiger partial charge < -0.3 is 9.80 Å². The summed E-state index contributed by atoms with van der Waals surface area (Å²) in [5, 5.41) is 11.2. The Hall–Kier alpha value is -3.61. The average Bonchev–Trinajstić information content (AvgIpc) is 3.60. The van der Waals surface area contributed by atoms with Crippen molar-refractivity contribution in [3.8, 4) is 5.69 Å². The van der Waals surface area contributed by atoms with Crippen molar-refractivity contribution in [1.29, 1.82) is 0 Å². The van der Waals surface area contributed by atoms with Gasteiger partial charge in [-0.2, -0.15) is 0 Å². The molecule has 0 radical (unpaired) electrons. The van der Waals surface area contributed by atoms with Crippen LogP contribution in [0.1, 0.15) is 40.7 Å². The molecule has 0 aliphatic carbocycles. The van der Waals surface area contributed by atoms with Crippen molar-refractivity contribution in [2.45, 2.75) is 32.6 Å². The molecule has 4 heterocycles. The van der Waals surface area contributed by atoms with Crippen molar-refractivity contribution in [3.05, 3.63) is 65.7 Å². The number of benzene rings is 1. The zero-order valence-corrected chi connectivity index (χ0v) is 23.0. The molecule has 2 saturated heterocycles. The number of pyridine rings is 1. The second kappa shape index (κ2) is 11.0. The Balaban J connectivity index is 0.000000493. The summed E-state index contributed by atoms with van der Waals surface area (Å²) in [7, 11) is -10.7. The number of hydrogen-bond acceptors (Lipinski definition) is 5. The van der Waals surface area contributed by atoms with Crippen LogP contribution in [-0.2, 0) is 11.2 Å². The third kappa shape index (κ3) is 9.76. The molecule has 2 unspecified atom stereocenters. The number of rotatable bonds is 5. The topological polar surface area (TPSA) is 98.4 Å². The number of tetrazole rings is 1. The first kappa shape index (κ1) is 30.4. The number of aromatic amines is 1. The van der Waals surface area contributed by atoms with Gasteiger partial charge in [0.25, 0.3) is 5.91 Å². The number of halogens is 6. The molecular formula is C25H30F6N7O2P. The van der Waals surface area contributed by atoms with Crippen molar-refractivity contribution >= 4 is 19.6 Å². The van der Waals surface area contributed by atoms with E-state index in [0.717, 1.165) is 62.3 Å². The molecule has 9 nitrogen and oxygen atoms in total. The Morgan fingerprint density at radius 1 is 0.951 bits per heavy atom. The molecule has 2 fully saturated rings. The summed E-state index contributed by atoms with van der Waals surface area (Å²) in [6.45, 7) is 5.17. The standard InChI is InChI=1S/C25H29N7O2.F6P/c1-18-11-19(14-26-13-18)12-24(33)30-9-2-3-21(15-30)22-8-10-31(16-22)25(34)20-4-6-23(7-5-20)32-17-27-28-29-32;1-7(2,3,4,5)6/h4-7,11,13-14,17,21-22H,2-3,8-10,12,15-16H2,1H3;/q;-1/p+1. The second-order valence-corrected chi connectivity index (χ2v) is 12.3. The molecule has 0 saturated carbocycles. The molecule has 0 bridgehead atoms. The third-order valence-corrected chi connectivity index (χ3v) is 7.07. The van der Waals surface area contributed by atoms with Gasteiger partial charge in [-0.1, -0.05) is 0 Å². The van der Waals surface area contributed by atoms with Crippen molar-refractivity contribution in [2.75, 3.05) is 26.2 Å². The average molecular weight is 606 g/mol. The van der Waals surface area contributed by atoms with E-state index in [1.807, 2.05) is 53.4 Å². The number of nitrogens with one attached hydrogen (secondary N) is 1. The number of likely N-dealkylation sites (tertiary alicyclic amines) is 2. The summed E-state index contributed by atoms with van der Waals surface area (Å²) in [5.74, 6) is 1.14. The Labute approximate surface area is 231 Å². The molecule has 1 N–H and O–H groups in total. The summed E-state index contributed by atoms with van der Waals surface area (Å²) in [5.41, 5.74) is 3.64. The fourth-order valence-corrected chi connectivity index (χ4v) is 5.24. The molecule has 2 atom stereocenters. The predicted molar refractivity (Wildman–Crippen MR) is 137 cm³/mol. The number of nitrogens with zero attached hydrogens (tertiary/aromatic N) is 6. The van der Waals surface area contributed by atoms with E-state index < -0.39 is 7.81 Å². The number of amides is 2. The molecule has 0 spiro atoms. The molecule has 5 rings (SSSR count). The number of piperidine rings is 1. The van der Waals surface area contributed by atoms with Crippen molar-refractivity contribution in [1.82, 2.24) is 30.0 Å². The number of aromatic nitrogens is 5. The van der Waals surface area contributed by atoms with Crippen LogP contribution in [0.3, 0.4) is 0 Å². The molecule has 2 aliphatic heterocycles. The van der Waals surface area contributed by atoms with Gasteiger partial charge in [0.15, 0.2) is 12.4 Å². The van der Waals surface area contributed by atoms with Crippen molar-refractivity contribution in [2.24, 2.45) is 11.8 Å². The summed E-state index contributed by atoms with van der Waals surface area (Å²) in [6, 6.07) is 9.43. The fraction of sp³-hybridized carbons (Fsp3) is 0.440. The Kier molecular flexibility index (Phi) is 8.14. The summed E-state index contributed by atoms with van der Waals surface area (Å²) in [4.78, 5) is 33.1. The number of aryl methyl sites for hydroxylation is 1. The summed E-state index contributed by atoms with van der Waals surface area (Å²) in [6.07, 6.45) is 8.94. The zero-order chi connectivity index (χ0) is 29.9. The Bertz CT molecular complexity index is 1360. The molecule has 2 aliphatic rings. The molecule has 2 aromatic heterocycles. The van der Waals surface area contributed by atoms with Gasteiger partial charge in [-0.05, 0) is 78.8 Å². The Morgan fingerprint density at radius 3 is 2.24 bits per heavy atom. The van der Waals surface area contributed by atoms with Crippen LogP contribution < -0.4 is 4.98 Å². The zero-order valence-electron chi connectivity index (χ0n) is 22.1. The predicted octanol–water partition coefficient (Wildman–Crippen LogP) is 5.11. The quantitative estimate of drug-likeness (QED) is 0.298. The molecule has 3 aromatic rings. The molecular weight excluding hydrogens is 575 g/mol. The van der Waals surface area contributed by atoms with Crippen LogP contribution in [0.4, 0.5) is 25.2 Å². The van der Waals surface area contributed by atoms with Gasteiger partial charge in [0.2, 0.25) is 5.91 Å². The van der Waals surface area contributed by atoms with Gasteiger partial charge >= 0.3 is 33.0 Å². The maximum atomic E-state index is 13.1. The van der Waals surface area contributed by atoms with E-state index in [9.17, 15) is 34.8 Å². The van der Waals surface area contributed by atoms with E-state index in [4.69, 9.17) is 0 Å². The van der Waals surface area contributed by atoms with Crippen molar-refractivity contribution in [3.63, 3.8) is 0 Å². The number of carbonyl (C=O) groups excluding carboxylic acids is 2.